The predicted octanol–water partition coefficient (Wildman–Crippen LogP) is 5.70. The molecular weight excluding hydrogens is 458 g/mol. The number of rotatable bonds is 10. The molecule has 0 aliphatic heterocycles. The molecule has 0 aromatic heterocycles. The molecule has 0 fully saturated rings. The Hall–Kier alpha value is -1.76. The van der Waals surface area contributed by atoms with Gasteiger partial charge < -0.3 is 10.2 Å². The number of nitrogens with one attached hydrogen (secondary N) is 1. The first kappa shape index (κ1) is 25.5. The van der Waals surface area contributed by atoms with Gasteiger partial charge in [0.2, 0.25) is 11.8 Å². The maximum absolute atomic E-state index is 13.9. The van der Waals surface area contributed by atoms with Crippen LogP contribution in [0.3, 0.4) is 0 Å². The fraction of sp³-hybridized carbons (Fsp3) is 0.391. The molecule has 0 heterocycles. The van der Waals surface area contributed by atoms with Crippen LogP contribution < -0.4 is 5.32 Å². The van der Waals surface area contributed by atoms with Gasteiger partial charge >= 0.3 is 0 Å². The van der Waals surface area contributed by atoms with Crippen molar-refractivity contribution in [3.05, 3.63) is 69.5 Å². The Morgan fingerprint density at radius 2 is 1.74 bits per heavy atom. The largest absolute Gasteiger partial charge is 0.352 e. The van der Waals surface area contributed by atoms with Crippen LogP contribution in [0.5, 0.6) is 0 Å². The fourth-order valence-corrected chi connectivity index (χ4v) is 4.51. The quantitative estimate of drug-likeness (QED) is 0.470. The highest BCUT2D eigenvalue weighted by molar-refractivity contribution is 7.99. The van der Waals surface area contributed by atoms with Crippen molar-refractivity contribution in [3.63, 3.8) is 0 Å². The van der Waals surface area contributed by atoms with Gasteiger partial charge in [-0.15, -0.1) is 11.8 Å². The number of hydrogen-bond donors (Lipinski definition) is 1. The summed E-state index contributed by atoms with van der Waals surface area (Å²) < 4.78 is 13.9. The summed E-state index contributed by atoms with van der Waals surface area (Å²) in [7, 11) is 0. The van der Waals surface area contributed by atoms with Gasteiger partial charge in [-0.1, -0.05) is 54.4 Å². The van der Waals surface area contributed by atoms with Gasteiger partial charge in [-0.25, -0.2) is 4.39 Å². The van der Waals surface area contributed by atoms with Crippen molar-refractivity contribution in [3.8, 4) is 0 Å². The summed E-state index contributed by atoms with van der Waals surface area (Å²) in [6.45, 7) is 5.70. The maximum atomic E-state index is 13.9. The van der Waals surface area contributed by atoms with Crippen LogP contribution in [0.15, 0.2) is 42.5 Å². The second-order valence-electron chi connectivity index (χ2n) is 7.39. The van der Waals surface area contributed by atoms with E-state index in [0.717, 1.165) is 0 Å². The van der Waals surface area contributed by atoms with Crippen molar-refractivity contribution in [1.82, 2.24) is 10.2 Å². The van der Waals surface area contributed by atoms with Crippen molar-refractivity contribution in [2.24, 2.45) is 0 Å². The van der Waals surface area contributed by atoms with E-state index in [0.29, 0.717) is 33.3 Å². The Morgan fingerprint density at radius 1 is 1.10 bits per heavy atom. The minimum Gasteiger partial charge on any atom is -0.352 e. The summed E-state index contributed by atoms with van der Waals surface area (Å²) in [5, 5.41) is 3.75. The van der Waals surface area contributed by atoms with Crippen molar-refractivity contribution >= 4 is 46.8 Å². The molecule has 1 N–H and O–H groups in total. The Kier molecular flexibility index (Phi) is 10.1. The Bertz CT molecular complexity index is 891. The number of amides is 2. The standard InChI is InChI=1S/C23H27Cl2FN2O2S/c1-4-21(23(30)27-15(2)3)28(12-17-18(24)9-7-10-19(17)25)22(29)14-31-13-16-8-5-6-11-20(16)26/h5-11,15,21H,4,12-14H2,1-3H3,(H,27,30)/t21-/m1/s1. The molecule has 0 aliphatic carbocycles. The number of carbonyl (C=O) groups excluding carboxylic acids is 2. The third kappa shape index (κ3) is 7.41. The molecule has 1 atom stereocenters. The highest BCUT2D eigenvalue weighted by Gasteiger charge is 2.30. The second-order valence-corrected chi connectivity index (χ2v) is 9.19. The Labute approximate surface area is 197 Å². The molecule has 4 nitrogen and oxygen atoms in total. The molecule has 0 saturated carbocycles. The van der Waals surface area contributed by atoms with Gasteiger partial charge in [-0.2, -0.15) is 0 Å². The SMILES string of the molecule is CC[C@H](C(=O)NC(C)C)N(Cc1c(Cl)cccc1Cl)C(=O)CSCc1ccccc1F. The summed E-state index contributed by atoms with van der Waals surface area (Å²) in [5.41, 5.74) is 1.12. The highest BCUT2D eigenvalue weighted by atomic mass is 35.5. The fourth-order valence-electron chi connectivity index (χ4n) is 3.10. The number of thioether (sulfide) groups is 1. The molecule has 0 spiro atoms. The van der Waals surface area contributed by atoms with Crippen molar-refractivity contribution in [1.29, 1.82) is 0 Å². The number of nitrogens with zero attached hydrogens (tertiary/aromatic N) is 1. The first-order valence-corrected chi connectivity index (χ1v) is 12.0. The van der Waals surface area contributed by atoms with E-state index >= 15 is 0 Å². The lowest BCUT2D eigenvalue weighted by atomic mass is 10.1. The summed E-state index contributed by atoms with van der Waals surface area (Å²) in [6.07, 6.45) is 0.435. The van der Waals surface area contributed by atoms with Crippen LogP contribution in [0.4, 0.5) is 4.39 Å². The van der Waals surface area contributed by atoms with Crippen LogP contribution in [0, 0.1) is 5.82 Å². The zero-order valence-corrected chi connectivity index (χ0v) is 20.2. The van der Waals surface area contributed by atoms with E-state index in [1.807, 2.05) is 20.8 Å². The van der Waals surface area contributed by atoms with Gasteiger partial charge in [0.15, 0.2) is 0 Å². The van der Waals surface area contributed by atoms with Crippen LogP contribution in [0.1, 0.15) is 38.3 Å². The van der Waals surface area contributed by atoms with Gasteiger partial charge in [0.1, 0.15) is 11.9 Å². The molecule has 0 unspecified atom stereocenters. The molecule has 0 radical (unpaired) electrons. The van der Waals surface area contributed by atoms with E-state index in [1.54, 1.807) is 36.4 Å². The first-order chi connectivity index (χ1) is 14.7. The van der Waals surface area contributed by atoms with Gasteiger partial charge in [0.05, 0.1) is 5.75 Å². The molecule has 31 heavy (non-hydrogen) atoms. The lowest BCUT2D eigenvalue weighted by molar-refractivity contribution is -0.139. The normalized spacial score (nSPS) is 12.0. The van der Waals surface area contributed by atoms with E-state index in [2.05, 4.69) is 5.32 Å². The van der Waals surface area contributed by atoms with Crippen LogP contribution in [-0.2, 0) is 21.9 Å². The molecule has 2 rings (SSSR count). The van der Waals surface area contributed by atoms with Crippen molar-refractivity contribution < 1.29 is 14.0 Å². The summed E-state index contributed by atoms with van der Waals surface area (Å²) >= 11 is 13.9. The maximum Gasteiger partial charge on any atom is 0.243 e. The van der Waals surface area contributed by atoms with Crippen LogP contribution in [0.2, 0.25) is 10.0 Å². The van der Waals surface area contributed by atoms with E-state index in [1.165, 1.54) is 22.7 Å². The first-order valence-electron chi connectivity index (χ1n) is 10.1. The molecule has 0 saturated heterocycles. The number of hydrogen-bond acceptors (Lipinski definition) is 3. The molecular formula is C23H27Cl2FN2O2S. The third-order valence-electron chi connectivity index (χ3n) is 4.65. The Morgan fingerprint density at radius 3 is 2.32 bits per heavy atom. The van der Waals surface area contributed by atoms with Gasteiger partial charge in [-0.05, 0) is 44.0 Å². The van der Waals surface area contributed by atoms with Gasteiger partial charge in [0, 0.05) is 33.9 Å². The summed E-state index contributed by atoms with van der Waals surface area (Å²) in [6, 6.07) is 10.9. The molecule has 0 bridgehead atoms. The van der Waals surface area contributed by atoms with E-state index in [4.69, 9.17) is 23.2 Å². The summed E-state index contributed by atoms with van der Waals surface area (Å²) in [5.74, 6) is -0.309. The minimum atomic E-state index is -0.670. The van der Waals surface area contributed by atoms with Gasteiger partial charge in [0.25, 0.3) is 0 Å². The molecule has 2 amide bonds. The molecule has 8 heteroatoms. The number of carbonyl (C=O) groups is 2. The summed E-state index contributed by atoms with van der Waals surface area (Å²) in [4.78, 5) is 27.5. The van der Waals surface area contributed by atoms with E-state index in [-0.39, 0.29) is 36.0 Å². The van der Waals surface area contributed by atoms with Crippen molar-refractivity contribution in [2.75, 3.05) is 5.75 Å². The zero-order valence-electron chi connectivity index (χ0n) is 17.8. The monoisotopic (exact) mass is 484 g/mol. The lowest BCUT2D eigenvalue weighted by Gasteiger charge is -2.31. The topological polar surface area (TPSA) is 49.4 Å². The third-order valence-corrected chi connectivity index (χ3v) is 6.32. The average Bonchev–Trinajstić information content (AvgIpc) is 2.70. The minimum absolute atomic E-state index is 0.0576. The molecule has 2 aromatic rings. The van der Waals surface area contributed by atoms with Crippen LogP contribution in [-0.4, -0.2) is 34.6 Å². The van der Waals surface area contributed by atoms with Crippen molar-refractivity contribution in [2.45, 2.75) is 51.6 Å². The molecule has 2 aromatic carbocycles. The molecule has 168 valence electrons. The van der Waals surface area contributed by atoms with E-state index in [9.17, 15) is 14.0 Å². The number of halogens is 3. The van der Waals surface area contributed by atoms with Crippen LogP contribution >= 0.6 is 35.0 Å². The van der Waals surface area contributed by atoms with Crippen LogP contribution in [0.25, 0.3) is 0 Å². The molecule has 0 aliphatic rings. The Balaban J connectivity index is 2.21. The van der Waals surface area contributed by atoms with Gasteiger partial charge in [-0.3, -0.25) is 9.59 Å². The second kappa shape index (κ2) is 12.3. The smallest absolute Gasteiger partial charge is 0.243 e. The predicted molar refractivity (Wildman–Crippen MR) is 127 cm³/mol. The zero-order chi connectivity index (χ0) is 23.0. The lowest BCUT2D eigenvalue weighted by Crippen LogP contribution is -2.51. The average molecular weight is 485 g/mol. The number of benzene rings is 2. The highest BCUT2D eigenvalue weighted by Crippen LogP contribution is 2.27. The van der Waals surface area contributed by atoms with E-state index < -0.39 is 6.04 Å².